The molecule has 20 heavy (non-hydrogen) atoms. The molecule has 0 aromatic heterocycles. The molecule has 1 aromatic rings. The van der Waals surface area contributed by atoms with Crippen molar-refractivity contribution in [2.24, 2.45) is 0 Å². The first-order valence-electron chi connectivity index (χ1n) is 7.63. The van der Waals surface area contributed by atoms with E-state index >= 15 is 0 Å². The Balaban J connectivity index is 1.52. The van der Waals surface area contributed by atoms with E-state index in [4.69, 9.17) is 11.6 Å². The molecule has 2 aliphatic heterocycles. The van der Waals surface area contributed by atoms with Gasteiger partial charge in [0.1, 0.15) is 5.82 Å². The zero-order valence-electron chi connectivity index (χ0n) is 11.8. The van der Waals surface area contributed by atoms with Gasteiger partial charge in [0.2, 0.25) is 0 Å². The first-order chi connectivity index (χ1) is 9.74. The van der Waals surface area contributed by atoms with Crippen LogP contribution in [0.2, 0.25) is 5.02 Å². The molecule has 0 N–H and O–H groups in total. The number of likely N-dealkylation sites (tertiary alicyclic amines) is 2. The summed E-state index contributed by atoms with van der Waals surface area (Å²) < 4.78 is 13.7. The van der Waals surface area contributed by atoms with Crippen molar-refractivity contribution in [2.45, 2.75) is 31.7 Å². The molecule has 2 saturated heterocycles. The highest BCUT2D eigenvalue weighted by Crippen LogP contribution is 2.23. The van der Waals surface area contributed by atoms with Gasteiger partial charge in [-0.1, -0.05) is 17.7 Å². The zero-order chi connectivity index (χ0) is 13.9. The summed E-state index contributed by atoms with van der Waals surface area (Å²) in [6.45, 7) is 5.69. The van der Waals surface area contributed by atoms with Gasteiger partial charge in [-0.05, 0) is 57.5 Å². The lowest BCUT2D eigenvalue weighted by Crippen LogP contribution is -2.35. The van der Waals surface area contributed by atoms with Crippen LogP contribution in [0.4, 0.5) is 4.39 Å². The third-order valence-corrected chi connectivity index (χ3v) is 5.00. The fraction of sp³-hybridized carbons (Fsp3) is 0.625. The highest BCUT2D eigenvalue weighted by molar-refractivity contribution is 6.31. The molecule has 2 fully saturated rings. The molecule has 0 aliphatic carbocycles. The van der Waals surface area contributed by atoms with E-state index in [0.717, 1.165) is 19.6 Å². The van der Waals surface area contributed by atoms with E-state index in [1.54, 1.807) is 12.1 Å². The molecular formula is C16H22ClFN2. The molecule has 110 valence electrons. The van der Waals surface area contributed by atoms with Gasteiger partial charge in [0.15, 0.2) is 0 Å². The third-order valence-electron chi connectivity index (χ3n) is 4.64. The molecule has 1 aromatic carbocycles. The van der Waals surface area contributed by atoms with E-state index in [0.29, 0.717) is 23.0 Å². The lowest BCUT2D eigenvalue weighted by molar-refractivity contribution is 0.233. The molecule has 2 heterocycles. The van der Waals surface area contributed by atoms with Crippen LogP contribution in [0.25, 0.3) is 0 Å². The third kappa shape index (κ3) is 3.16. The van der Waals surface area contributed by atoms with Crippen molar-refractivity contribution in [1.82, 2.24) is 9.80 Å². The highest BCUT2D eigenvalue weighted by Gasteiger charge is 2.28. The standard InChI is InChI=1S/C16H22ClFN2/c17-15-4-3-5-16(18)14(15)7-11-19-10-6-13(12-19)20-8-1-2-9-20/h3-5,13H,1-2,6-12H2. The minimum absolute atomic E-state index is 0.173. The van der Waals surface area contributed by atoms with E-state index in [1.807, 2.05) is 0 Å². The smallest absolute Gasteiger partial charge is 0.127 e. The summed E-state index contributed by atoms with van der Waals surface area (Å²) in [6, 6.07) is 5.66. The van der Waals surface area contributed by atoms with Crippen LogP contribution in [0.15, 0.2) is 18.2 Å². The Hall–Kier alpha value is -0.640. The molecule has 1 unspecified atom stereocenters. The van der Waals surface area contributed by atoms with Gasteiger partial charge in [-0.15, -0.1) is 0 Å². The van der Waals surface area contributed by atoms with Crippen LogP contribution in [0, 0.1) is 5.82 Å². The maximum Gasteiger partial charge on any atom is 0.127 e. The topological polar surface area (TPSA) is 6.48 Å². The Morgan fingerprint density at radius 2 is 2.00 bits per heavy atom. The van der Waals surface area contributed by atoms with Crippen molar-refractivity contribution in [2.75, 3.05) is 32.7 Å². The second-order valence-corrected chi connectivity index (χ2v) is 6.34. The van der Waals surface area contributed by atoms with Gasteiger partial charge in [-0.25, -0.2) is 4.39 Å². The maximum absolute atomic E-state index is 13.7. The van der Waals surface area contributed by atoms with Crippen molar-refractivity contribution in [3.05, 3.63) is 34.6 Å². The Bertz CT molecular complexity index is 440. The van der Waals surface area contributed by atoms with Gasteiger partial charge < -0.3 is 4.90 Å². The fourth-order valence-electron chi connectivity index (χ4n) is 3.46. The lowest BCUT2D eigenvalue weighted by Gasteiger charge is -2.23. The second kappa shape index (κ2) is 6.42. The molecule has 2 nitrogen and oxygen atoms in total. The molecule has 0 radical (unpaired) electrons. The van der Waals surface area contributed by atoms with Crippen LogP contribution in [-0.4, -0.2) is 48.6 Å². The lowest BCUT2D eigenvalue weighted by atomic mass is 10.1. The molecule has 0 spiro atoms. The summed E-state index contributed by atoms with van der Waals surface area (Å²) in [5, 5.41) is 0.556. The summed E-state index contributed by atoms with van der Waals surface area (Å²) in [5.41, 5.74) is 0.666. The molecular weight excluding hydrogens is 275 g/mol. The zero-order valence-corrected chi connectivity index (χ0v) is 12.6. The number of rotatable bonds is 4. The first-order valence-corrected chi connectivity index (χ1v) is 8.01. The Morgan fingerprint density at radius 3 is 2.75 bits per heavy atom. The van der Waals surface area contributed by atoms with Gasteiger partial charge in [-0.3, -0.25) is 4.90 Å². The summed E-state index contributed by atoms with van der Waals surface area (Å²) in [5.74, 6) is -0.173. The fourth-order valence-corrected chi connectivity index (χ4v) is 3.72. The maximum atomic E-state index is 13.7. The van der Waals surface area contributed by atoms with Gasteiger partial charge in [0, 0.05) is 29.7 Å². The average Bonchev–Trinajstić information content (AvgIpc) is 3.09. The summed E-state index contributed by atoms with van der Waals surface area (Å²) >= 11 is 6.08. The Kier molecular flexibility index (Phi) is 4.59. The van der Waals surface area contributed by atoms with Crippen molar-refractivity contribution < 1.29 is 4.39 Å². The molecule has 0 saturated carbocycles. The second-order valence-electron chi connectivity index (χ2n) is 5.94. The molecule has 0 amide bonds. The minimum atomic E-state index is -0.173. The van der Waals surface area contributed by atoms with Crippen LogP contribution in [0.1, 0.15) is 24.8 Å². The van der Waals surface area contributed by atoms with Crippen LogP contribution < -0.4 is 0 Å². The van der Waals surface area contributed by atoms with Crippen LogP contribution in [-0.2, 0) is 6.42 Å². The van der Waals surface area contributed by atoms with Crippen molar-refractivity contribution in [1.29, 1.82) is 0 Å². The van der Waals surface area contributed by atoms with Crippen molar-refractivity contribution in [3.63, 3.8) is 0 Å². The Morgan fingerprint density at radius 1 is 1.20 bits per heavy atom. The quantitative estimate of drug-likeness (QED) is 0.842. The largest absolute Gasteiger partial charge is 0.301 e. The normalized spacial score (nSPS) is 24.6. The molecule has 1 atom stereocenters. The van der Waals surface area contributed by atoms with Gasteiger partial charge >= 0.3 is 0 Å². The predicted molar refractivity (Wildman–Crippen MR) is 80.8 cm³/mol. The number of nitrogens with zero attached hydrogens (tertiary/aromatic N) is 2. The summed E-state index contributed by atoms with van der Waals surface area (Å²) in [6.07, 6.45) is 4.66. The SMILES string of the molecule is Fc1cccc(Cl)c1CCN1CCC(N2CCCC2)C1. The number of benzene rings is 1. The number of hydrogen-bond donors (Lipinski definition) is 0. The van der Waals surface area contributed by atoms with E-state index in [2.05, 4.69) is 9.80 Å². The van der Waals surface area contributed by atoms with E-state index in [-0.39, 0.29) is 5.82 Å². The number of halogens is 2. The monoisotopic (exact) mass is 296 g/mol. The van der Waals surface area contributed by atoms with Crippen molar-refractivity contribution >= 4 is 11.6 Å². The van der Waals surface area contributed by atoms with Crippen LogP contribution >= 0.6 is 11.6 Å². The first kappa shape index (κ1) is 14.3. The molecule has 3 rings (SSSR count). The predicted octanol–water partition coefficient (Wildman–Crippen LogP) is 3.19. The van der Waals surface area contributed by atoms with E-state index < -0.39 is 0 Å². The summed E-state index contributed by atoms with van der Waals surface area (Å²) in [7, 11) is 0. The number of hydrogen-bond acceptors (Lipinski definition) is 2. The van der Waals surface area contributed by atoms with E-state index in [9.17, 15) is 4.39 Å². The molecule has 0 bridgehead atoms. The van der Waals surface area contributed by atoms with Gasteiger partial charge in [-0.2, -0.15) is 0 Å². The van der Waals surface area contributed by atoms with Crippen LogP contribution in [0.3, 0.4) is 0 Å². The van der Waals surface area contributed by atoms with E-state index in [1.165, 1.54) is 38.4 Å². The minimum Gasteiger partial charge on any atom is -0.301 e. The summed E-state index contributed by atoms with van der Waals surface area (Å²) in [4.78, 5) is 5.07. The van der Waals surface area contributed by atoms with Crippen LogP contribution in [0.5, 0.6) is 0 Å². The van der Waals surface area contributed by atoms with Gasteiger partial charge in [0.05, 0.1) is 0 Å². The average molecular weight is 297 g/mol. The molecule has 4 heteroatoms. The Labute approximate surface area is 125 Å². The molecule has 2 aliphatic rings. The van der Waals surface area contributed by atoms with Crippen molar-refractivity contribution in [3.8, 4) is 0 Å². The highest BCUT2D eigenvalue weighted by atomic mass is 35.5. The van der Waals surface area contributed by atoms with Gasteiger partial charge in [0.25, 0.3) is 0 Å².